The zero-order valence-electron chi connectivity index (χ0n) is 10.9. The molecule has 0 bridgehead atoms. The quantitative estimate of drug-likeness (QED) is 0.701. The molecule has 1 saturated heterocycles. The van der Waals surface area contributed by atoms with Crippen LogP contribution in [0, 0.1) is 0 Å². The third kappa shape index (κ3) is 4.65. The minimum atomic E-state index is 0.219. The molecule has 3 heteroatoms. The normalized spacial score (nSPS) is 17.9. The molecule has 15 heavy (non-hydrogen) atoms. The van der Waals surface area contributed by atoms with Crippen molar-refractivity contribution in [1.29, 1.82) is 0 Å². The minimum absolute atomic E-state index is 0.219. The van der Waals surface area contributed by atoms with Crippen molar-refractivity contribution in [2.24, 2.45) is 0 Å². The molecule has 0 atom stereocenters. The van der Waals surface area contributed by atoms with Gasteiger partial charge in [0.15, 0.2) is 0 Å². The van der Waals surface area contributed by atoms with Crippen molar-refractivity contribution in [3.63, 3.8) is 0 Å². The van der Waals surface area contributed by atoms with E-state index in [4.69, 9.17) is 0 Å². The molecule has 0 aromatic carbocycles. The van der Waals surface area contributed by atoms with Crippen LogP contribution in [-0.4, -0.2) is 48.4 Å². The van der Waals surface area contributed by atoms with Crippen LogP contribution in [0.5, 0.6) is 0 Å². The van der Waals surface area contributed by atoms with E-state index in [0.29, 0.717) is 6.04 Å². The van der Waals surface area contributed by atoms with E-state index in [0.717, 1.165) is 32.5 Å². The van der Waals surface area contributed by atoms with E-state index in [9.17, 15) is 4.79 Å². The van der Waals surface area contributed by atoms with Crippen LogP contribution in [-0.2, 0) is 4.79 Å². The second-order valence-corrected chi connectivity index (χ2v) is 3.84. The van der Waals surface area contributed by atoms with E-state index in [1.807, 2.05) is 18.7 Å². The van der Waals surface area contributed by atoms with Crippen LogP contribution < -0.4 is 0 Å². The summed E-state index contributed by atoms with van der Waals surface area (Å²) < 4.78 is 0. The molecule has 0 aromatic heterocycles. The highest BCUT2D eigenvalue weighted by Crippen LogP contribution is 2.15. The first-order chi connectivity index (χ1) is 7.15. The number of likely N-dealkylation sites (tertiary alicyclic amines) is 1. The van der Waals surface area contributed by atoms with Gasteiger partial charge in [0, 0.05) is 19.5 Å². The lowest BCUT2D eigenvalue weighted by atomic mass is 10.0. The van der Waals surface area contributed by atoms with Crippen molar-refractivity contribution in [3.8, 4) is 0 Å². The Morgan fingerprint density at radius 1 is 1.33 bits per heavy atom. The molecule has 0 N–H and O–H groups in total. The van der Waals surface area contributed by atoms with Crippen molar-refractivity contribution in [2.45, 2.75) is 46.6 Å². The molecule has 90 valence electrons. The fourth-order valence-electron chi connectivity index (χ4n) is 2.04. The summed E-state index contributed by atoms with van der Waals surface area (Å²) in [5, 5.41) is 0. The van der Waals surface area contributed by atoms with Gasteiger partial charge in [-0.05, 0) is 39.9 Å². The molecule has 0 unspecified atom stereocenters. The second kappa shape index (κ2) is 7.69. The van der Waals surface area contributed by atoms with Gasteiger partial charge in [-0.2, -0.15) is 0 Å². The number of carbonyl (C=O) groups is 1. The Hall–Kier alpha value is -0.570. The molecule has 0 aromatic rings. The highest BCUT2D eigenvalue weighted by atomic mass is 16.2. The van der Waals surface area contributed by atoms with E-state index < -0.39 is 0 Å². The lowest BCUT2D eigenvalue weighted by Gasteiger charge is -2.36. The number of nitrogens with zero attached hydrogens (tertiary/aromatic N) is 2. The summed E-state index contributed by atoms with van der Waals surface area (Å²) in [6, 6.07) is 0.485. The van der Waals surface area contributed by atoms with Crippen LogP contribution in [0.3, 0.4) is 0 Å². The predicted octanol–water partition coefficient (Wildman–Crippen LogP) is 1.98. The standard InChI is InChI=1S/C10H20N2O.C2H6/c1-4-12(9(2)13)10-5-7-11(3)8-6-10;1-2/h10H,4-8H2,1-3H3;1-2H3. The van der Waals surface area contributed by atoms with Crippen LogP contribution in [0.2, 0.25) is 0 Å². The maximum Gasteiger partial charge on any atom is 0.219 e. The van der Waals surface area contributed by atoms with E-state index in [1.165, 1.54) is 0 Å². The zero-order chi connectivity index (χ0) is 11.8. The first-order valence-corrected chi connectivity index (χ1v) is 6.11. The fourth-order valence-corrected chi connectivity index (χ4v) is 2.04. The molecule has 1 fully saturated rings. The maximum absolute atomic E-state index is 11.3. The van der Waals surface area contributed by atoms with E-state index >= 15 is 0 Å². The largest absolute Gasteiger partial charge is 0.340 e. The van der Waals surface area contributed by atoms with Gasteiger partial charge >= 0.3 is 0 Å². The van der Waals surface area contributed by atoms with Gasteiger partial charge in [-0.3, -0.25) is 4.79 Å². The van der Waals surface area contributed by atoms with Crippen LogP contribution >= 0.6 is 0 Å². The van der Waals surface area contributed by atoms with Crippen molar-refractivity contribution in [3.05, 3.63) is 0 Å². The third-order valence-corrected chi connectivity index (χ3v) is 2.87. The zero-order valence-corrected chi connectivity index (χ0v) is 10.9. The van der Waals surface area contributed by atoms with Gasteiger partial charge in [0.2, 0.25) is 5.91 Å². The molecule has 3 nitrogen and oxygen atoms in total. The number of carbonyl (C=O) groups excluding carboxylic acids is 1. The summed E-state index contributed by atoms with van der Waals surface area (Å²) in [5.41, 5.74) is 0. The highest BCUT2D eigenvalue weighted by Gasteiger charge is 2.23. The van der Waals surface area contributed by atoms with E-state index in [2.05, 4.69) is 18.9 Å². The lowest BCUT2D eigenvalue weighted by Crippen LogP contribution is -2.45. The summed E-state index contributed by atoms with van der Waals surface area (Å²) in [4.78, 5) is 15.6. The Kier molecular flexibility index (Phi) is 7.39. The Balaban J connectivity index is 0.000000921. The molecule has 0 spiro atoms. The molecule has 1 heterocycles. The van der Waals surface area contributed by atoms with Crippen molar-refractivity contribution >= 4 is 5.91 Å². The maximum atomic E-state index is 11.3. The number of amides is 1. The van der Waals surface area contributed by atoms with Crippen LogP contribution in [0.25, 0.3) is 0 Å². The van der Waals surface area contributed by atoms with Gasteiger partial charge in [-0.1, -0.05) is 13.8 Å². The van der Waals surface area contributed by atoms with Gasteiger partial charge in [-0.15, -0.1) is 0 Å². The lowest BCUT2D eigenvalue weighted by molar-refractivity contribution is -0.131. The Morgan fingerprint density at radius 2 is 1.80 bits per heavy atom. The SMILES string of the molecule is CC.CCN(C(C)=O)C1CCN(C)CC1. The molecular weight excluding hydrogens is 188 g/mol. The Labute approximate surface area is 94.4 Å². The summed E-state index contributed by atoms with van der Waals surface area (Å²) >= 11 is 0. The fraction of sp³-hybridized carbons (Fsp3) is 0.917. The monoisotopic (exact) mass is 214 g/mol. The molecule has 1 rings (SSSR count). The Morgan fingerprint density at radius 3 is 2.13 bits per heavy atom. The first kappa shape index (κ1) is 14.4. The summed E-state index contributed by atoms with van der Waals surface area (Å²) in [6.07, 6.45) is 2.26. The third-order valence-electron chi connectivity index (χ3n) is 2.87. The summed E-state index contributed by atoms with van der Waals surface area (Å²) in [5.74, 6) is 0.219. The van der Waals surface area contributed by atoms with Gasteiger partial charge in [0.1, 0.15) is 0 Å². The van der Waals surface area contributed by atoms with Crippen LogP contribution in [0.4, 0.5) is 0 Å². The first-order valence-electron chi connectivity index (χ1n) is 6.11. The predicted molar refractivity (Wildman–Crippen MR) is 64.9 cm³/mol. The van der Waals surface area contributed by atoms with Gasteiger partial charge in [0.25, 0.3) is 0 Å². The van der Waals surface area contributed by atoms with Crippen LogP contribution in [0.15, 0.2) is 0 Å². The molecule has 0 radical (unpaired) electrons. The molecule has 1 aliphatic rings. The molecule has 1 amide bonds. The average Bonchev–Trinajstić information content (AvgIpc) is 2.24. The molecule has 0 saturated carbocycles. The second-order valence-electron chi connectivity index (χ2n) is 3.84. The Bertz CT molecular complexity index is 174. The van der Waals surface area contributed by atoms with Crippen molar-refractivity contribution < 1.29 is 4.79 Å². The van der Waals surface area contributed by atoms with Gasteiger partial charge < -0.3 is 9.80 Å². The molecule has 0 aliphatic carbocycles. The van der Waals surface area contributed by atoms with Crippen molar-refractivity contribution in [2.75, 3.05) is 26.7 Å². The smallest absolute Gasteiger partial charge is 0.219 e. The van der Waals surface area contributed by atoms with Crippen molar-refractivity contribution in [1.82, 2.24) is 9.80 Å². The van der Waals surface area contributed by atoms with Crippen LogP contribution in [0.1, 0.15) is 40.5 Å². The van der Waals surface area contributed by atoms with E-state index in [-0.39, 0.29) is 5.91 Å². The highest BCUT2D eigenvalue weighted by molar-refractivity contribution is 5.73. The number of piperidine rings is 1. The number of rotatable bonds is 2. The average molecular weight is 214 g/mol. The molecule has 1 aliphatic heterocycles. The number of hydrogen-bond acceptors (Lipinski definition) is 2. The van der Waals surface area contributed by atoms with Gasteiger partial charge in [0.05, 0.1) is 0 Å². The van der Waals surface area contributed by atoms with E-state index in [1.54, 1.807) is 6.92 Å². The molecular formula is C12H26N2O. The summed E-state index contributed by atoms with van der Waals surface area (Å²) in [7, 11) is 2.14. The topological polar surface area (TPSA) is 23.6 Å². The summed E-state index contributed by atoms with van der Waals surface area (Å²) in [6.45, 7) is 10.8. The van der Waals surface area contributed by atoms with Gasteiger partial charge in [-0.25, -0.2) is 0 Å². The number of hydrogen-bond donors (Lipinski definition) is 0. The minimum Gasteiger partial charge on any atom is -0.340 e.